The second-order valence-electron chi connectivity index (χ2n) is 3.03. The summed E-state index contributed by atoms with van der Waals surface area (Å²) in [5.74, 6) is 0. The Balaban J connectivity index is 2.90. The molecule has 1 N–H and O–H groups in total. The highest BCUT2D eigenvalue weighted by Crippen LogP contribution is 2.08. The van der Waals surface area contributed by atoms with Crippen LogP contribution in [0.15, 0.2) is 17.4 Å². The Morgan fingerprint density at radius 3 is 2.67 bits per heavy atom. The summed E-state index contributed by atoms with van der Waals surface area (Å²) in [5.41, 5.74) is 1.33. The van der Waals surface area contributed by atoms with Gasteiger partial charge in [-0.25, -0.2) is 9.80 Å². The third-order valence-corrected chi connectivity index (χ3v) is 1.65. The molecule has 0 saturated heterocycles. The van der Waals surface area contributed by atoms with E-state index in [2.05, 4.69) is 17.0 Å². The Morgan fingerprint density at radius 2 is 2.17 bits per heavy atom. The number of carbonyl (C=O) groups excluding carboxylic acids is 1. The fourth-order valence-electron chi connectivity index (χ4n) is 0.894. The Hall–Kier alpha value is -1.32. The SMILES string of the molecule is C=C1NC(=O)N(C(C)C)N=C1C. The third kappa shape index (κ3) is 1.47. The molecule has 4 heteroatoms. The average Bonchev–Trinajstić information content (AvgIpc) is 1.96. The smallest absolute Gasteiger partial charge is 0.305 e. The minimum Gasteiger partial charge on any atom is -0.305 e. The summed E-state index contributed by atoms with van der Waals surface area (Å²) in [5, 5.41) is 8.11. The Labute approximate surface area is 71.9 Å². The number of nitrogens with one attached hydrogen (secondary N) is 1. The van der Waals surface area contributed by atoms with Crippen LogP contribution in [0, 0.1) is 0 Å². The van der Waals surface area contributed by atoms with Crippen LogP contribution in [0.3, 0.4) is 0 Å². The number of carbonyl (C=O) groups is 1. The van der Waals surface area contributed by atoms with Gasteiger partial charge in [-0.05, 0) is 20.8 Å². The van der Waals surface area contributed by atoms with Gasteiger partial charge < -0.3 is 5.32 Å². The van der Waals surface area contributed by atoms with Crippen molar-refractivity contribution in [3.63, 3.8) is 0 Å². The lowest BCUT2D eigenvalue weighted by Crippen LogP contribution is -2.45. The molecule has 0 unspecified atom stereocenters. The summed E-state index contributed by atoms with van der Waals surface area (Å²) in [6.07, 6.45) is 0. The van der Waals surface area contributed by atoms with Crippen molar-refractivity contribution in [1.82, 2.24) is 10.3 Å². The molecule has 0 saturated carbocycles. The topological polar surface area (TPSA) is 44.7 Å². The summed E-state index contributed by atoms with van der Waals surface area (Å²) in [7, 11) is 0. The third-order valence-electron chi connectivity index (χ3n) is 1.65. The van der Waals surface area contributed by atoms with E-state index in [-0.39, 0.29) is 12.1 Å². The maximum Gasteiger partial charge on any atom is 0.342 e. The van der Waals surface area contributed by atoms with Crippen molar-refractivity contribution in [2.24, 2.45) is 5.10 Å². The molecule has 2 amide bonds. The lowest BCUT2D eigenvalue weighted by atomic mass is 10.3. The van der Waals surface area contributed by atoms with E-state index in [4.69, 9.17) is 0 Å². The molecule has 1 aliphatic heterocycles. The second-order valence-corrected chi connectivity index (χ2v) is 3.03. The van der Waals surface area contributed by atoms with E-state index in [0.29, 0.717) is 5.70 Å². The van der Waals surface area contributed by atoms with Crippen molar-refractivity contribution in [1.29, 1.82) is 0 Å². The Bertz CT molecular complexity index is 255. The average molecular weight is 167 g/mol. The predicted octanol–water partition coefficient (Wildman–Crippen LogP) is 1.31. The molecule has 66 valence electrons. The molecule has 0 fully saturated rings. The van der Waals surface area contributed by atoms with E-state index in [1.54, 1.807) is 0 Å². The zero-order valence-corrected chi connectivity index (χ0v) is 7.59. The van der Waals surface area contributed by atoms with Gasteiger partial charge in [0.1, 0.15) is 0 Å². The highest BCUT2D eigenvalue weighted by atomic mass is 16.2. The fourth-order valence-corrected chi connectivity index (χ4v) is 0.894. The van der Waals surface area contributed by atoms with Crippen LogP contribution in [-0.2, 0) is 0 Å². The second kappa shape index (κ2) is 2.97. The molecular formula is C8H13N3O. The maximum atomic E-state index is 11.2. The minimum absolute atomic E-state index is 0.0769. The van der Waals surface area contributed by atoms with E-state index in [1.807, 2.05) is 20.8 Å². The van der Waals surface area contributed by atoms with Crippen LogP contribution < -0.4 is 5.32 Å². The van der Waals surface area contributed by atoms with Crippen LogP contribution in [0.25, 0.3) is 0 Å². The first kappa shape index (κ1) is 8.77. The van der Waals surface area contributed by atoms with Gasteiger partial charge in [0.25, 0.3) is 0 Å². The van der Waals surface area contributed by atoms with Crippen LogP contribution in [-0.4, -0.2) is 22.8 Å². The van der Waals surface area contributed by atoms with Crippen LogP contribution in [0.4, 0.5) is 4.79 Å². The summed E-state index contributed by atoms with van der Waals surface area (Å²) < 4.78 is 0. The van der Waals surface area contributed by atoms with E-state index in [9.17, 15) is 4.79 Å². The maximum absolute atomic E-state index is 11.2. The molecule has 0 aromatic carbocycles. The zero-order chi connectivity index (χ0) is 9.30. The van der Waals surface area contributed by atoms with Gasteiger partial charge in [-0.1, -0.05) is 6.58 Å². The molecule has 0 aromatic heterocycles. The van der Waals surface area contributed by atoms with E-state index in [0.717, 1.165) is 5.71 Å². The molecule has 0 radical (unpaired) electrons. The molecule has 0 atom stereocenters. The summed E-state index contributed by atoms with van der Waals surface area (Å²) in [6, 6.07) is -0.131. The van der Waals surface area contributed by atoms with Gasteiger partial charge >= 0.3 is 6.03 Å². The molecule has 4 nitrogen and oxygen atoms in total. The highest BCUT2D eigenvalue weighted by Gasteiger charge is 2.22. The molecule has 0 spiro atoms. The monoisotopic (exact) mass is 167 g/mol. The summed E-state index contributed by atoms with van der Waals surface area (Å²) >= 11 is 0. The van der Waals surface area contributed by atoms with Crippen molar-refractivity contribution in [3.05, 3.63) is 12.3 Å². The lowest BCUT2D eigenvalue weighted by molar-refractivity contribution is 0.186. The first-order chi connectivity index (χ1) is 5.52. The van der Waals surface area contributed by atoms with Gasteiger partial charge in [0, 0.05) is 0 Å². The number of nitrogens with zero attached hydrogens (tertiary/aromatic N) is 2. The van der Waals surface area contributed by atoms with Crippen molar-refractivity contribution < 1.29 is 4.79 Å². The minimum atomic E-state index is -0.208. The van der Waals surface area contributed by atoms with Gasteiger partial charge in [0.15, 0.2) is 0 Å². The first-order valence-corrected chi connectivity index (χ1v) is 3.87. The fraction of sp³-hybridized carbons (Fsp3) is 0.500. The van der Waals surface area contributed by atoms with Crippen molar-refractivity contribution >= 4 is 11.7 Å². The number of amides is 2. The van der Waals surface area contributed by atoms with Crippen LogP contribution in [0.2, 0.25) is 0 Å². The number of hydrogen-bond acceptors (Lipinski definition) is 2. The largest absolute Gasteiger partial charge is 0.342 e. The summed E-state index contributed by atoms with van der Waals surface area (Å²) in [4.78, 5) is 11.2. The van der Waals surface area contributed by atoms with Crippen LogP contribution in [0.5, 0.6) is 0 Å². The number of rotatable bonds is 1. The number of hydrogen-bond donors (Lipinski definition) is 1. The van der Waals surface area contributed by atoms with Crippen molar-refractivity contribution in [2.45, 2.75) is 26.8 Å². The van der Waals surface area contributed by atoms with Gasteiger partial charge in [-0.2, -0.15) is 5.10 Å². The van der Waals surface area contributed by atoms with E-state index >= 15 is 0 Å². The summed E-state index contributed by atoms with van der Waals surface area (Å²) in [6.45, 7) is 9.28. The molecule has 0 aromatic rings. The molecule has 0 bridgehead atoms. The molecule has 1 aliphatic rings. The molecular weight excluding hydrogens is 154 g/mol. The molecule has 0 aliphatic carbocycles. The Kier molecular flexibility index (Phi) is 2.17. The van der Waals surface area contributed by atoms with Crippen LogP contribution >= 0.6 is 0 Å². The molecule has 1 rings (SSSR count). The highest BCUT2D eigenvalue weighted by molar-refractivity contribution is 6.03. The van der Waals surface area contributed by atoms with E-state index in [1.165, 1.54) is 5.01 Å². The zero-order valence-electron chi connectivity index (χ0n) is 7.59. The number of urea groups is 1. The number of allylic oxidation sites excluding steroid dienone is 1. The number of hydrazone groups is 1. The first-order valence-electron chi connectivity index (χ1n) is 3.87. The molecule has 1 heterocycles. The van der Waals surface area contributed by atoms with Gasteiger partial charge in [-0.15, -0.1) is 0 Å². The standard InChI is InChI=1S/C8H13N3O/c1-5(2)11-8(12)9-6(3)7(4)10-11/h5H,3H2,1-2,4H3,(H,9,12). The van der Waals surface area contributed by atoms with Gasteiger partial charge in [-0.3, -0.25) is 0 Å². The predicted molar refractivity (Wildman–Crippen MR) is 47.8 cm³/mol. The lowest BCUT2D eigenvalue weighted by Gasteiger charge is -2.27. The Morgan fingerprint density at radius 1 is 1.58 bits per heavy atom. The van der Waals surface area contributed by atoms with Crippen LogP contribution in [0.1, 0.15) is 20.8 Å². The van der Waals surface area contributed by atoms with Gasteiger partial charge in [0.05, 0.1) is 17.5 Å². The quantitative estimate of drug-likeness (QED) is 0.628. The normalized spacial score (nSPS) is 18.0. The van der Waals surface area contributed by atoms with Gasteiger partial charge in [0.2, 0.25) is 0 Å². The van der Waals surface area contributed by atoms with E-state index < -0.39 is 0 Å². The van der Waals surface area contributed by atoms with Crippen molar-refractivity contribution in [2.75, 3.05) is 0 Å². The van der Waals surface area contributed by atoms with Crippen molar-refractivity contribution in [3.8, 4) is 0 Å². The molecule has 12 heavy (non-hydrogen) atoms.